The smallest absolute Gasteiger partial charge is 0.323 e. The molecule has 0 fully saturated rings. The lowest BCUT2D eigenvalue weighted by Gasteiger charge is -2.23. The minimum Gasteiger partial charge on any atom is -0.480 e. The van der Waals surface area contributed by atoms with Crippen molar-refractivity contribution in [3.63, 3.8) is 0 Å². The van der Waals surface area contributed by atoms with E-state index in [1.54, 1.807) is 11.8 Å². The first-order chi connectivity index (χ1) is 9.69. The normalized spacial score (nSPS) is 10.2. The molecule has 0 aliphatic rings. The molecular weight excluding hydrogens is 270 g/mol. The Morgan fingerprint density at radius 3 is 2.30 bits per heavy atom. The Labute approximate surface area is 123 Å². The number of thioether (sulfide) groups is 1. The van der Waals surface area contributed by atoms with Crippen molar-refractivity contribution in [2.24, 2.45) is 0 Å². The number of para-hydroxylation sites is 1. The van der Waals surface area contributed by atoms with Crippen LogP contribution in [-0.4, -0.2) is 23.9 Å². The van der Waals surface area contributed by atoms with Crippen LogP contribution in [-0.2, 0) is 11.3 Å². The third-order valence-electron chi connectivity index (χ3n) is 2.98. The molecule has 0 saturated carbocycles. The maximum absolute atomic E-state index is 11.0. The molecule has 0 spiro atoms. The second-order valence-electron chi connectivity index (χ2n) is 4.43. The molecule has 0 aromatic heterocycles. The van der Waals surface area contributed by atoms with E-state index in [2.05, 4.69) is 12.1 Å². The van der Waals surface area contributed by atoms with E-state index in [-0.39, 0.29) is 6.54 Å². The summed E-state index contributed by atoms with van der Waals surface area (Å²) in [6.45, 7) is 0.583. The Morgan fingerprint density at radius 2 is 1.75 bits per heavy atom. The van der Waals surface area contributed by atoms with Crippen LogP contribution < -0.4 is 4.90 Å². The molecule has 3 nitrogen and oxygen atoms in total. The third-order valence-corrected chi connectivity index (χ3v) is 3.72. The number of anilines is 1. The van der Waals surface area contributed by atoms with Gasteiger partial charge < -0.3 is 10.0 Å². The molecule has 0 heterocycles. The van der Waals surface area contributed by atoms with E-state index in [1.165, 1.54) is 4.90 Å². The minimum absolute atomic E-state index is 0.00566. The quantitative estimate of drug-likeness (QED) is 0.826. The van der Waals surface area contributed by atoms with Gasteiger partial charge in [0, 0.05) is 17.1 Å². The summed E-state index contributed by atoms with van der Waals surface area (Å²) < 4.78 is 0. The highest BCUT2D eigenvalue weighted by Crippen LogP contribution is 2.19. The molecule has 2 aromatic rings. The van der Waals surface area contributed by atoms with E-state index in [4.69, 9.17) is 5.11 Å². The largest absolute Gasteiger partial charge is 0.480 e. The van der Waals surface area contributed by atoms with Gasteiger partial charge in [-0.25, -0.2) is 0 Å². The van der Waals surface area contributed by atoms with Gasteiger partial charge in [0.1, 0.15) is 6.54 Å². The van der Waals surface area contributed by atoms with E-state index in [1.807, 2.05) is 53.6 Å². The molecule has 0 aliphatic heterocycles. The summed E-state index contributed by atoms with van der Waals surface area (Å²) in [5.74, 6) is -0.824. The van der Waals surface area contributed by atoms with Gasteiger partial charge in [-0.05, 0) is 36.1 Å². The second-order valence-corrected chi connectivity index (χ2v) is 5.31. The Kier molecular flexibility index (Phi) is 5.07. The van der Waals surface area contributed by atoms with Crippen LogP contribution in [0.2, 0.25) is 0 Å². The van der Waals surface area contributed by atoms with Crippen LogP contribution in [0.4, 0.5) is 5.69 Å². The van der Waals surface area contributed by atoms with Crippen LogP contribution in [0.1, 0.15) is 5.56 Å². The summed E-state index contributed by atoms with van der Waals surface area (Å²) in [6.07, 6.45) is 2.04. The van der Waals surface area contributed by atoms with Gasteiger partial charge in [-0.3, -0.25) is 4.79 Å². The number of hydrogen-bond donors (Lipinski definition) is 1. The molecule has 0 saturated heterocycles. The van der Waals surface area contributed by atoms with Gasteiger partial charge in [0.05, 0.1) is 0 Å². The summed E-state index contributed by atoms with van der Waals surface area (Å²) >= 11 is 1.70. The zero-order valence-electron chi connectivity index (χ0n) is 11.3. The Hall–Kier alpha value is -1.94. The van der Waals surface area contributed by atoms with Crippen molar-refractivity contribution < 1.29 is 9.90 Å². The fourth-order valence-corrected chi connectivity index (χ4v) is 2.40. The molecule has 0 unspecified atom stereocenters. The van der Waals surface area contributed by atoms with E-state index in [0.717, 1.165) is 11.3 Å². The number of benzene rings is 2. The first-order valence-electron chi connectivity index (χ1n) is 6.34. The Morgan fingerprint density at radius 1 is 1.10 bits per heavy atom. The minimum atomic E-state index is -0.824. The Balaban J connectivity index is 2.16. The average Bonchev–Trinajstić information content (AvgIpc) is 2.48. The van der Waals surface area contributed by atoms with Gasteiger partial charge in [-0.1, -0.05) is 30.3 Å². The highest BCUT2D eigenvalue weighted by Gasteiger charge is 2.11. The zero-order valence-corrected chi connectivity index (χ0v) is 12.1. The molecule has 20 heavy (non-hydrogen) atoms. The van der Waals surface area contributed by atoms with Crippen molar-refractivity contribution in [3.05, 3.63) is 60.2 Å². The highest BCUT2D eigenvalue weighted by atomic mass is 32.2. The third kappa shape index (κ3) is 4.03. The van der Waals surface area contributed by atoms with Gasteiger partial charge in [0.15, 0.2) is 0 Å². The number of rotatable bonds is 6. The maximum Gasteiger partial charge on any atom is 0.323 e. The van der Waals surface area contributed by atoms with E-state index in [9.17, 15) is 4.79 Å². The van der Waals surface area contributed by atoms with E-state index >= 15 is 0 Å². The second kappa shape index (κ2) is 7.01. The molecule has 0 radical (unpaired) electrons. The predicted octanol–water partition coefficient (Wildman–Crippen LogP) is 3.50. The number of nitrogens with zero attached hydrogens (tertiary/aromatic N) is 1. The predicted molar refractivity (Wildman–Crippen MR) is 83.4 cm³/mol. The number of carboxylic acids is 1. The topological polar surface area (TPSA) is 40.5 Å². The van der Waals surface area contributed by atoms with Gasteiger partial charge in [-0.2, -0.15) is 0 Å². The zero-order chi connectivity index (χ0) is 14.4. The van der Waals surface area contributed by atoms with Gasteiger partial charge in [0.2, 0.25) is 0 Å². The number of carbonyl (C=O) groups is 1. The molecule has 2 rings (SSSR count). The van der Waals surface area contributed by atoms with Crippen LogP contribution in [0, 0.1) is 0 Å². The lowest BCUT2D eigenvalue weighted by molar-refractivity contribution is -0.135. The molecule has 4 heteroatoms. The van der Waals surface area contributed by atoms with Crippen LogP contribution in [0.3, 0.4) is 0 Å². The van der Waals surface area contributed by atoms with Crippen molar-refractivity contribution in [2.75, 3.05) is 17.7 Å². The molecule has 104 valence electrons. The average molecular weight is 287 g/mol. The Bertz CT molecular complexity index is 554. The highest BCUT2D eigenvalue weighted by molar-refractivity contribution is 7.98. The van der Waals surface area contributed by atoms with Crippen molar-refractivity contribution >= 4 is 23.4 Å². The molecular formula is C16H17NO2S. The first kappa shape index (κ1) is 14.5. The van der Waals surface area contributed by atoms with E-state index < -0.39 is 5.97 Å². The molecule has 1 N–H and O–H groups in total. The summed E-state index contributed by atoms with van der Waals surface area (Å²) in [4.78, 5) is 14.1. The lowest BCUT2D eigenvalue weighted by Crippen LogP contribution is -2.29. The van der Waals surface area contributed by atoms with Gasteiger partial charge in [0.25, 0.3) is 0 Å². The van der Waals surface area contributed by atoms with Gasteiger partial charge in [-0.15, -0.1) is 11.8 Å². The fourth-order valence-electron chi connectivity index (χ4n) is 1.99. The molecule has 0 atom stereocenters. The molecule has 0 aliphatic carbocycles. The molecule has 0 amide bonds. The summed E-state index contributed by atoms with van der Waals surface area (Å²) in [5.41, 5.74) is 2.02. The molecule has 0 bridgehead atoms. The number of aliphatic carboxylic acids is 1. The monoisotopic (exact) mass is 287 g/mol. The van der Waals surface area contributed by atoms with Crippen molar-refractivity contribution in [2.45, 2.75) is 11.4 Å². The SMILES string of the molecule is CSc1ccc(CN(CC(=O)O)c2ccccc2)cc1. The van der Waals surface area contributed by atoms with Crippen molar-refractivity contribution in [1.82, 2.24) is 0 Å². The summed E-state index contributed by atoms with van der Waals surface area (Å²) in [7, 11) is 0. The van der Waals surface area contributed by atoms with Crippen LogP contribution in [0.25, 0.3) is 0 Å². The van der Waals surface area contributed by atoms with Crippen LogP contribution in [0.15, 0.2) is 59.5 Å². The summed E-state index contributed by atoms with van der Waals surface area (Å²) in [5, 5.41) is 9.06. The van der Waals surface area contributed by atoms with Crippen molar-refractivity contribution in [1.29, 1.82) is 0 Å². The van der Waals surface area contributed by atoms with Crippen LogP contribution in [0.5, 0.6) is 0 Å². The van der Waals surface area contributed by atoms with Crippen LogP contribution >= 0.6 is 11.8 Å². The number of hydrogen-bond acceptors (Lipinski definition) is 3. The maximum atomic E-state index is 11.0. The number of carboxylic acid groups (broad SMARTS) is 1. The van der Waals surface area contributed by atoms with Crippen molar-refractivity contribution in [3.8, 4) is 0 Å². The lowest BCUT2D eigenvalue weighted by atomic mass is 10.2. The standard InChI is InChI=1S/C16H17NO2S/c1-20-15-9-7-13(8-10-15)11-17(12-16(18)19)14-5-3-2-4-6-14/h2-10H,11-12H2,1H3,(H,18,19). The first-order valence-corrected chi connectivity index (χ1v) is 7.56. The summed E-state index contributed by atoms with van der Waals surface area (Å²) in [6, 6.07) is 17.8. The van der Waals surface area contributed by atoms with Gasteiger partial charge >= 0.3 is 5.97 Å². The molecule has 2 aromatic carbocycles. The fraction of sp³-hybridized carbons (Fsp3) is 0.188. The van der Waals surface area contributed by atoms with E-state index in [0.29, 0.717) is 6.54 Å².